The molecule has 2 heterocycles. The van der Waals surface area contributed by atoms with Gasteiger partial charge in [-0.1, -0.05) is 6.92 Å². The van der Waals surface area contributed by atoms with Crippen molar-refractivity contribution in [1.29, 1.82) is 0 Å². The van der Waals surface area contributed by atoms with E-state index in [2.05, 4.69) is 22.5 Å². The van der Waals surface area contributed by atoms with Crippen molar-refractivity contribution in [2.24, 2.45) is 5.92 Å². The van der Waals surface area contributed by atoms with Crippen molar-refractivity contribution in [3.8, 4) is 0 Å². The average Bonchev–Trinajstić information content (AvgIpc) is 3.07. The predicted octanol–water partition coefficient (Wildman–Crippen LogP) is 0.435. The predicted molar refractivity (Wildman–Crippen MR) is 91.1 cm³/mol. The smallest absolute Gasteiger partial charge is 0.237 e. The lowest BCUT2D eigenvalue weighted by Crippen LogP contribution is -2.48. The molecule has 0 aromatic rings. The Kier molecular flexibility index (Phi) is 7.30. The van der Waals surface area contributed by atoms with Crippen molar-refractivity contribution in [3.05, 3.63) is 0 Å². The average molecular weight is 324 g/mol. The van der Waals surface area contributed by atoms with Crippen molar-refractivity contribution >= 4 is 11.8 Å². The summed E-state index contributed by atoms with van der Waals surface area (Å²) in [6, 6.07) is -0.0148. The van der Waals surface area contributed by atoms with E-state index in [0.717, 1.165) is 58.3 Å². The highest BCUT2D eigenvalue weighted by Crippen LogP contribution is 2.16. The maximum absolute atomic E-state index is 12.4. The molecule has 2 N–H and O–H groups in total. The highest BCUT2D eigenvalue weighted by molar-refractivity contribution is 5.82. The fraction of sp³-hybridized carbons (Fsp3) is 0.882. The third-order valence-corrected chi connectivity index (χ3v) is 4.82. The highest BCUT2D eigenvalue weighted by atomic mass is 16.2. The van der Waals surface area contributed by atoms with E-state index in [4.69, 9.17) is 0 Å². The van der Waals surface area contributed by atoms with Crippen LogP contribution in [0.5, 0.6) is 0 Å². The molecule has 2 fully saturated rings. The minimum absolute atomic E-state index is 0.0148. The van der Waals surface area contributed by atoms with E-state index >= 15 is 0 Å². The lowest BCUT2D eigenvalue weighted by Gasteiger charge is -2.34. The van der Waals surface area contributed by atoms with Gasteiger partial charge in [-0.25, -0.2) is 0 Å². The molecule has 2 aliphatic heterocycles. The van der Waals surface area contributed by atoms with Gasteiger partial charge in [0.15, 0.2) is 0 Å². The number of nitrogens with one attached hydrogen (secondary N) is 2. The number of hydrogen-bond acceptors (Lipinski definition) is 4. The number of carbonyl (C=O) groups is 2. The number of likely N-dealkylation sites (N-methyl/N-ethyl adjacent to an activating group) is 1. The van der Waals surface area contributed by atoms with Crippen molar-refractivity contribution in [3.63, 3.8) is 0 Å². The van der Waals surface area contributed by atoms with Crippen LogP contribution in [0.1, 0.15) is 39.0 Å². The quantitative estimate of drug-likeness (QED) is 0.713. The van der Waals surface area contributed by atoms with Crippen molar-refractivity contribution in [2.75, 3.05) is 46.3 Å². The molecule has 0 aromatic heterocycles. The summed E-state index contributed by atoms with van der Waals surface area (Å²) < 4.78 is 0. The summed E-state index contributed by atoms with van der Waals surface area (Å²) in [7, 11) is 2.00. The molecule has 2 atom stereocenters. The molecule has 2 unspecified atom stereocenters. The van der Waals surface area contributed by atoms with Crippen LogP contribution in [0, 0.1) is 5.92 Å². The first-order valence-electron chi connectivity index (χ1n) is 9.07. The first-order chi connectivity index (χ1) is 11.1. The van der Waals surface area contributed by atoms with Crippen LogP contribution in [0.15, 0.2) is 0 Å². The summed E-state index contributed by atoms with van der Waals surface area (Å²) in [6.45, 7) is 6.83. The van der Waals surface area contributed by atoms with Crippen LogP contribution in [-0.2, 0) is 9.59 Å². The molecule has 0 radical (unpaired) electrons. The number of carbonyl (C=O) groups excluding carboxylic acids is 2. The molecule has 6 nitrogen and oxygen atoms in total. The van der Waals surface area contributed by atoms with Gasteiger partial charge >= 0.3 is 0 Å². The molecule has 2 saturated heterocycles. The van der Waals surface area contributed by atoms with Crippen molar-refractivity contribution in [1.82, 2.24) is 20.4 Å². The molecule has 2 aliphatic rings. The molecule has 0 aliphatic carbocycles. The fourth-order valence-corrected chi connectivity index (χ4v) is 3.53. The number of amides is 2. The molecule has 132 valence electrons. The Bertz CT molecular complexity index is 396. The van der Waals surface area contributed by atoms with Crippen molar-refractivity contribution in [2.45, 2.75) is 45.1 Å². The number of piperidine rings is 1. The Balaban J connectivity index is 1.72. The minimum Gasteiger partial charge on any atom is -0.354 e. The first-order valence-corrected chi connectivity index (χ1v) is 9.07. The van der Waals surface area contributed by atoms with Crippen LogP contribution < -0.4 is 10.6 Å². The zero-order valence-electron chi connectivity index (χ0n) is 14.6. The maximum atomic E-state index is 12.4. The van der Waals surface area contributed by atoms with Crippen LogP contribution >= 0.6 is 0 Å². The topological polar surface area (TPSA) is 64.7 Å². The van der Waals surface area contributed by atoms with Gasteiger partial charge in [0.25, 0.3) is 0 Å². The molecule has 0 spiro atoms. The molecule has 0 aromatic carbocycles. The van der Waals surface area contributed by atoms with Gasteiger partial charge in [0.05, 0.1) is 12.6 Å². The normalized spacial score (nSPS) is 24.9. The van der Waals surface area contributed by atoms with Crippen LogP contribution in [0.2, 0.25) is 0 Å². The van der Waals surface area contributed by atoms with E-state index in [9.17, 15) is 9.59 Å². The van der Waals surface area contributed by atoms with E-state index in [-0.39, 0.29) is 17.9 Å². The van der Waals surface area contributed by atoms with Crippen molar-refractivity contribution < 1.29 is 9.59 Å². The van der Waals surface area contributed by atoms with Gasteiger partial charge in [-0.05, 0) is 58.2 Å². The van der Waals surface area contributed by atoms with Crippen LogP contribution in [0.25, 0.3) is 0 Å². The summed E-state index contributed by atoms with van der Waals surface area (Å²) in [6.07, 6.45) is 5.20. The van der Waals surface area contributed by atoms with E-state index in [0.29, 0.717) is 19.0 Å². The number of nitrogens with zero attached hydrogens (tertiary/aromatic N) is 2. The van der Waals surface area contributed by atoms with Crippen LogP contribution in [-0.4, -0.2) is 74.0 Å². The van der Waals surface area contributed by atoms with Gasteiger partial charge in [-0.2, -0.15) is 0 Å². The SMILES string of the molecule is CCCN(C)CC(=O)N1CCCC(CNC(=O)C2CCCN2)C1. The summed E-state index contributed by atoms with van der Waals surface area (Å²) in [5.74, 6) is 0.720. The summed E-state index contributed by atoms with van der Waals surface area (Å²) in [4.78, 5) is 28.5. The maximum Gasteiger partial charge on any atom is 0.237 e. The van der Waals surface area contributed by atoms with Gasteiger partial charge < -0.3 is 15.5 Å². The zero-order valence-corrected chi connectivity index (χ0v) is 14.6. The highest BCUT2D eigenvalue weighted by Gasteiger charge is 2.26. The minimum atomic E-state index is -0.0148. The monoisotopic (exact) mass is 324 g/mol. The van der Waals surface area contributed by atoms with Crippen LogP contribution in [0.3, 0.4) is 0 Å². The Morgan fingerprint density at radius 3 is 2.83 bits per heavy atom. The lowest BCUT2D eigenvalue weighted by atomic mass is 9.97. The summed E-state index contributed by atoms with van der Waals surface area (Å²) in [5.41, 5.74) is 0. The molecule has 2 rings (SSSR count). The van der Waals surface area contributed by atoms with Crippen LogP contribution in [0.4, 0.5) is 0 Å². The Hall–Kier alpha value is -1.14. The second kappa shape index (κ2) is 9.23. The second-order valence-electron chi connectivity index (χ2n) is 6.98. The first kappa shape index (κ1) is 18.2. The molecule has 23 heavy (non-hydrogen) atoms. The molecular formula is C17H32N4O2. The number of likely N-dealkylation sites (tertiary alicyclic amines) is 1. The molecule has 6 heteroatoms. The van der Waals surface area contributed by atoms with Gasteiger partial charge in [0, 0.05) is 19.6 Å². The van der Waals surface area contributed by atoms with Gasteiger partial charge in [0.1, 0.15) is 0 Å². The number of hydrogen-bond donors (Lipinski definition) is 2. The van der Waals surface area contributed by atoms with E-state index in [1.165, 1.54) is 0 Å². The second-order valence-corrected chi connectivity index (χ2v) is 6.98. The van der Waals surface area contributed by atoms with Gasteiger partial charge in [-0.3, -0.25) is 14.5 Å². The van der Waals surface area contributed by atoms with E-state index in [1.807, 2.05) is 11.9 Å². The largest absolute Gasteiger partial charge is 0.354 e. The molecule has 0 saturated carbocycles. The standard InChI is InChI=1S/C17H32N4O2/c1-3-9-20(2)13-16(22)21-10-5-6-14(12-21)11-19-17(23)15-7-4-8-18-15/h14-15,18H,3-13H2,1-2H3,(H,19,23). The fourth-order valence-electron chi connectivity index (χ4n) is 3.53. The summed E-state index contributed by atoms with van der Waals surface area (Å²) >= 11 is 0. The van der Waals surface area contributed by atoms with E-state index < -0.39 is 0 Å². The van der Waals surface area contributed by atoms with Gasteiger partial charge in [0.2, 0.25) is 11.8 Å². The van der Waals surface area contributed by atoms with E-state index in [1.54, 1.807) is 0 Å². The third-order valence-electron chi connectivity index (χ3n) is 4.82. The molecular weight excluding hydrogens is 292 g/mol. The third kappa shape index (κ3) is 5.77. The molecule has 0 bridgehead atoms. The number of rotatable bonds is 7. The zero-order chi connectivity index (χ0) is 16.7. The molecule has 2 amide bonds. The Labute approximate surface area is 140 Å². The lowest BCUT2D eigenvalue weighted by molar-refractivity contribution is -0.133. The van der Waals surface area contributed by atoms with Gasteiger partial charge in [-0.15, -0.1) is 0 Å². The Morgan fingerprint density at radius 2 is 2.13 bits per heavy atom. The Morgan fingerprint density at radius 1 is 1.30 bits per heavy atom. The summed E-state index contributed by atoms with van der Waals surface area (Å²) in [5, 5.41) is 6.29.